The van der Waals surface area contributed by atoms with E-state index in [0.717, 1.165) is 19.3 Å². The van der Waals surface area contributed by atoms with Crippen LogP contribution < -0.4 is 10.4 Å². The molecule has 0 spiro atoms. The molecule has 0 saturated heterocycles. The van der Waals surface area contributed by atoms with E-state index in [9.17, 15) is 0 Å². The van der Waals surface area contributed by atoms with Crippen molar-refractivity contribution in [2.24, 2.45) is 5.92 Å². The maximum absolute atomic E-state index is 2.44. The van der Waals surface area contributed by atoms with Crippen LogP contribution in [0.3, 0.4) is 0 Å². The zero-order chi connectivity index (χ0) is 50.4. The zero-order valence-corrected chi connectivity index (χ0v) is 43.0. The molecule has 0 N–H and O–H groups in total. The van der Waals surface area contributed by atoms with E-state index < -0.39 is 0 Å². The first-order chi connectivity index (χ1) is 36.6. The smallest absolute Gasteiger partial charge is 0.0541 e. The quantitative estimate of drug-likeness (QED) is 0.150. The average Bonchev–Trinajstić information content (AvgIpc) is 3.65. The molecular weight excluding hydrogens is 891 g/mol. The third kappa shape index (κ3) is 9.39. The van der Waals surface area contributed by atoms with Crippen LogP contribution in [0.25, 0.3) is 66.1 Å². The van der Waals surface area contributed by atoms with Crippen LogP contribution in [0.4, 0.5) is 0 Å². The first kappa shape index (κ1) is 47.8. The zero-order valence-electron chi connectivity index (χ0n) is 43.0. The molecule has 0 saturated carbocycles. The number of nitrogens with zero attached hydrogens (tertiary/aromatic N) is 1. The Kier molecular flexibility index (Phi) is 14.0. The summed E-state index contributed by atoms with van der Waals surface area (Å²) in [4.78, 5) is 0. The Bertz CT molecular complexity index is 3930. The highest BCUT2D eigenvalue weighted by Crippen LogP contribution is 2.42. The van der Waals surface area contributed by atoms with Crippen LogP contribution in [0.1, 0.15) is 73.8 Å². The Balaban J connectivity index is 0.000000599. The minimum absolute atomic E-state index is 0.264. The van der Waals surface area contributed by atoms with Crippen molar-refractivity contribution in [2.45, 2.75) is 52.9 Å². The van der Waals surface area contributed by atoms with Gasteiger partial charge in [-0.25, -0.2) is 0 Å². The van der Waals surface area contributed by atoms with E-state index in [1.807, 2.05) is 32.0 Å². The summed E-state index contributed by atoms with van der Waals surface area (Å²) in [6, 6.07) is 80.4. The van der Waals surface area contributed by atoms with Gasteiger partial charge in [-0.2, -0.15) is 0 Å². The lowest BCUT2D eigenvalue weighted by Gasteiger charge is -2.30. The van der Waals surface area contributed by atoms with Crippen molar-refractivity contribution >= 4 is 49.3 Å². The molecule has 2 atom stereocenters. The third-order valence-electron chi connectivity index (χ3n) is 15.1. The second-order valence-corrected chi connectivity index (χ2v) is 19.5. The van der Waals surface area contributed by atoms with Crippen LogP contribution in [0.15, 0.2) is 272 Å². The summed E-state index contributed by atoms with van der Waals surface area (Å²) in [5.74, 6) is 0.561. The van der Waals surface area contributed by atoms with Crippen molar-refractivity contribution in [3.63, 3.8) is 0 Å². The monoisotopic (exact) mass is 953 g/mol. The van der Waals surface area contributed by atoms with E-state index >= 15 is 0 Å². The van der Waals surface area contributed by atoms with Crippen LogP contribution in [0, 0.1) is 12.8 Å². The average molecular weight is 954 g/mol. The van der Waals surface area contributed by atoms with Gasteiger partial charge in [0.2, 0.25) is 0 Å². The molecular formula is C73H63N. The van der Waals surface area contributed by atoms with Crippen molar-refractivity contribution in [3.05, 3.63) is 310 Å². The van der Waals surface area contributed by atoms with Gasteiger partial charge < -0.3 is 4.57 Å². The first-order valence-electron chi connectivity index (χ1n) is 26.6. The van der Waals surface area contributed by atoms with Gasteiger partial charge in [-0.15, -0.1) is 0 Å². The molecule has 74 heavy (non-hydrogen) atoms. The van der Waals surface area contributed by atoms with Crippen molar-refractivity contribution in [2.75, 3.05) is 0 Å². The van der Waals surface area contributed by atoms with Gasteiger partial charge in [0.1, 0.15) is 0 Å². The lowest BCUT2D eigenvalue weighted by Crippen LogP contribution is -2.37. The molecule has 0 aliphatic heterocycles. The van der Waals surface area contributed by atoms with Crippen LogP contribution in [-0.2, 0) is 0 Å². The van der Waals surface area contributed by atoms with Crippen LogP contribution in [-0.4, -0.2) is 4.57 Å². The van der Waals surface area contributed by atoms with Crippen molar-refractivity contribution in [1.82, 2.24) is 4.57 Å². The molecule has 2 unspecified atom stereocenters. The molecule has 1 aromatic heterocycles. The molecule has 10 aromatic rings. The third-order valence-corrected chi connectivity index (χ3v) is 15.1. The number of fused-ring (bicyclic) bond motifs is 6. The minimum Gasteiger partial charge on any atom is -0.309 e. The Hall–Kier alpha value is -8.52. The van der Waals surface area contributed by atoms with Crippen molar-refractivity contribution in [1.29, 1.82) is 0 Å². The van der Waals surface area contributed by atoms with Crippen molar-refractivity contribution < 1.29 is 0 Å². The molecule has 1 nitrogen and oxygen atoms in total. The standard InChI is InChI=1S/C64H49N.C7H8.C2H6/c1-43(44-17-5-2-6-18-44)53-21-7-3-8-22-54(53)46-30-32-47(33-31-46)63-56-24-9-4-10-25-57(56)64(59-27-14-13-26-58(59)63)48-35-38-52(39-36-48)65-61-28-16-15-23-55(61)60-42-51(37-40-62(60)65)50-34-29-45-19-11-12-20-49(45)41-50;1-7-5-3-2-4-6-7;1-2/h2-9,11-21,23-24,26-43,57H,10,22,25H2,1H3;2-6H,1H3;1-2H3. The Morgan fingerprint density at radius 2 is 1.11 bits per heavy atom. The Labute approximate surface area is 437 Å². The molecule has 360 valence electrons. The molecule has 3 aliphatic carbocycles. The van der Waals surface area contributed by atoms with E-state index in [1.165, 1.54) is 116 Å². The second kappa shape index (κ2) is 21.7. The molecule has 1 heterocycles. The Morgan fingerprint density at radius 1 is 0.486 bits per heavy atom. The number of aryl methyl sites for hydroxylation is 1. The summed E-state index contributed by atoms with van der Waals surface area (Å²) < 4.78 is 2.44. The molecule has 0 amide bonds. The van der Waals surface area contributed by atoms with Crippen LogP contribution in [0.5, 0.6) is 0 Å². The number of benzene rings is 9. The van der Waals surface area contributed by atoms with E-state index in [4.69, 9.17) is 0 Å². The van der Waals surface area contributed by atoms with Gasteiger partial charge in [-0.1, -0.05) is 251 Å². The maximum atomic E-state index is 2.44. The Morgan fingerprint density at radius 3 is 1.88 bits per heavy atom. The first-order valence-corrected chi connectivity index (χ1v) is 26.6. The maximum Gasteiger partial charge on any atom is 0.0541 e. The largest absolute Gasteiger partial charge is 0.309 e. The number of allylic oxidation sites excluding steroid dienone is 10. The van der Waals surface area contributed by atoms with Crippen LogP contribution in [0.2, 0.25) is 0 Å². The summed E-state index contributed by atoms with van der Waals surface area (Å²) in [5.41, 5.74) is 19.6. The van der Waals surface area contributed by atoms with Gasteiger partial charge in [-0.05, 0) is 145 Å². The SMILES string of the molecule is CC.CC(C1=C(c2ccc(C3=c4ccccc4=C(c4ccc(-n5c6ccccc6c6cc(-c7ccc8ccccc8c7)ccc65)cc4)C4CCC=CC=C34)cc2)CC=CC=C1)c1ccccc1.Cc1ccccc1. The molecule has 1 heteroatoms. The summed E-state index contributed by atoms with van der Waals surface area (Å²) in [5, 5.41) is 7.70. The lowest BCUT2D eigenvalue weighted by molar-refractivity contribution is 0.715. The fourth-order valence-electron chi connectivity index (χ4n) is 11.5. The summed E-state index contributed by atoms with van der Waals surface area (Å²) in [7, 11) is 0. The van der Waals surface area contributed by atoms with Crippen LogP contribution >= 0.6 is 0 Å². The number of hydrogen-bond donors (Lipinski definition) is 0. The van der Waals surface area contributed by atoms with E-state index in [2.05, 4.69) is 261 Å². The normalized spacial score (nSPS) is 15.3. The topological polar surface area (TPSA) is 4.93 Å². The number of hydrogen-bond acceptors (Lipinski definition) is 0. The highest BCUT2D eigenvalue weighted by Gasteiger charge is 2.29. The summed E-state index contributed by atoms with van der Waals surface area (Å²) in [6.07, 6.45) is 19.1. The minimum atomic E-state index is 0.264. The molecule has 9 aromatic carbocycles. The van der Waals surface area contributed by atoms with Gasteiger partial charge in [0, 0.05) is 28.3 Å². The molecule has 0 radical (unpaired) electrons. The predicted octanol–water partition coefficient (Wildman–Crippen LogP) is 18.0. The predicted molar refractivity (Wildman–Crippen MR) is 318 cm³/mol. The van der Waals surface area contributed by atoms with Gasteiger partial charge in [-0.3, -0.25) is 0 Å². The van der Waals surface area contributed by atoms with Crippen molar-refractivity contribution in [3.8, 4) is 16.8 Å². The fourth-order valence-corrected chi connectivity index (χ4v) is 11.5. The summed E-state index contributed by atoms with van der Waals surface area (Å²) in [6.45, 7) is 8.42. The number of para-hydroxylation sites is 1. The lowest BCUT2D eigenvalue weighted by atomic mass is 9.74. The number of aromatic nitrogens is 1. The highest BCUT2D eigenvalue weighted by atomic mass is 15.0. The highest BCUT2D eigenvalue weighted by molar-refractivity contribution is 6.10. The molecule has 13 rings (SSSR count). The molecule has 0 bridgehead atoms. The number of rotatable bonds is 7. The van der Waals surface area contributed by atoms with Gasteiger partial charge in [0.15, 0.2) is 0 Å². The second-order valence-electron chi connectivity index (χ2n) is 19.5. The van der Waals surface area contributed by atoms with E-state index in [0.29, 0.717) is 5.92 Å². The molecule has 3 aliphatic rings. The van der Waals surface area contributed by atoms with Gasteiger partial charge in [0.25, 0.3) is 0 Å². The van der Waals surface area contributed by atoms with E-state index in [-0.39, 0.29) is 5.92 Å². The van der Waals surface area contributed by atoms with E-state index in [1.54, 1.807) is 0 Å². The van der Waals surface area contributed by atoms with Gasteiger partial charge >= 0.3 is 0 Å². The van der Waals surface area contributed by atoms with Gasteiger partial charge in [0.05, 0.1) is 11.0 Å². The molecule has 0 fully saturated rings. The fraction of sp³-hybridized carbons (Fsp3) is 0.123. The summed E-state index contributed by atoms with van der Waals surface area (Å²) >= 11 is 0.